The van der Waals surface area contributed by atoms with Crippen molar-refractivity contribution in [1.29, 1.82) is 0 Å². The van der Waals surface area contributed by atoms with Crippen LogP contribution in [0.1, 0.15) is 13.8 Å². The van der Waals surface area contributed by atoms with Crippen molar-refractivity contribution in [3.05, 3.63) is 21.0 Å². The van der Waals surface area contributed by atoms with E-state index in [1.54, 1.807) is 13.2 Å². The third kappa shape index (κ3) is 2.57. The summed E-state index contributed by atoms with van der Waals surface area (Å²) in [6, 6.07) is 0. The van der Waals surface area contributed by atoms with Gasteiger partial charge in [-0.1, -0.05) is 13.8 Å². The number of nitrogens with one attached hydrogen (secondary N) is 1. The van der Waals surface area contributed by atoms with Crippen molar-refractivity contribution in [3.8, 4) is 0 Å². The van der Waals surface area contributed by atoms with Gasteiger partial charge in [-0.05, 0) is 21.8 Å². The molecule has 78 valence electrons. The first-order valence-electron chi connectivity index (χ1n) is 4.48. The Hall–Kier alpha value is -0.840. The highest BCUT2D eigenvalue weighted by molar-refractivity contribution is 9.10. The summed E-state index contributed by atoms with van der Waals surface area (Å²) in [7, 11) is 1.62. The van der Waals surface area contributed by atoms with Crippen molar-refractivity contribution in [2.24, 2.45) is 13.0 Å². The fourth-order valence-electron chi connectivity index (χ4n) is 0.948. The minimum Gasteiger partial charge on any atom is -0.382 e. The number of halogens is 1. The molecule has 1 aromatic rings. The molecule has 0 atom stereocenters. The molecule has 5 heteroatoms. The molecule has 0 radical (unpaired) electrons. The third-order valence-electron chi connectivity index (χ3n) is 1.78. The van der Waals surface area contributed by atoms with Crippen LogP contribution in [0, 0.1) is 5.92 Å². The standard InChI is InChI=1S/C9H14BrN3O/c1-6(2)4-11-7-5-12-13(3)9(14)8(7)10/h5-6,11H,4H2,1-3H3. The van der Waals surface area contributed by atoms with Crippen molar-refractivity contribution >= 4 is 21.6 Å². The second-order valence-corrected chi connectivity index (χ2v) is 4.37. The largest absolute Gasteiger partial charge is 0.382 e. The SMILES string of the molecule is CC(C)CNc1cnn(C)c(=O)c1Br. The van der Waals surface area contributed by atoms with E-state index >= 15 is 0 Å². The molecule has 1 aromatic heterocycles. The maximum absolute atomic E-state index is 11.4. The lowest BCUT2D eigenvalue weighted by atomic mass is 10.2. The van der Waals surface area contributed by atoms with Crippen molar-refractivity contribution in [3.63, 3.8) is 0 Å². The van der Waals surface area contributed by atoms with E-state index < -0.39 is 0 Å². The molecule has 14 heavy (non-hydrogen) atoms. The molecule has 1 N–H and O–H groups in total. The molecule has 0 unspecified atom stereocenters. The smallest absolute Gasteiger partial charge is 0.282 e. The second-order valence-electron chi connectivity index (χ2n) is 3.58. The van der Waals surface area contributed by atoms with Gasteiger partial charge < -0.3 is 5.32 Å². The van der Waals surface area contributed by atoms with E-state index in [1.807, 2.05) is 0 Å². The molecule has 0 spiro atoms. The Bertz CT molecular complexity index is 373. The Morgan fingerprint density at radius 3 is 2.86 bits per heavy atom. The number of hydrogen-bond acceptors (Lipinski definition) is 3. The maximum Gasteiger partial charge on any atom is 0.282 e. The van der Waals surface area contributed by atoms with Gasteiger partial charge in [-0.3, -0.25) is 4.79 Å². The molecule has 0 bridgehead atoms. The number of nitrogens with zero attached hydrogens (tertiary/aromatic N) is 2. The molecule has 0 aromatic carbocycles. The Morgan fingerprint density at radius 2 is 2.29 bits per heavy atom. The Balaban J connectivity index is 2.89. The van der Waals surface area contributed by atoms with E-state index in [0.29, 0.717) is 10.4 Å². The van der Waals surface area contributed by atoms with Gasteiger partial charge in [-0.25, -0.2) is 4.68 Å². The zero-order chi connectivity index (χ0) is 10.7. The number of hydrogen-bond donors (Lipinski definition) is 1. The molecule has 1 rings (SSSR count). The lowest BCUT2D eigenvalue weighted by Gasteiger charge is -2.10. The number of aryl methyl sites for hydroxylation is 1. The lowest BCUT2D eigenvalue weighted by Crippen LogP contribution is -2.22. The summed E-state index contributed by atoms with van der Waals surface area (Å²) in [4.78, 5) is 11.4. The van der Waals surface area contributed by atoms with E-state index in [9.17, 15) is 4.79 Å². The minimum atomic E-state index is -0.126. The number of aromatic nitrogens is 2. The van der Waals surface area contributed by atoms with Crippen LogP contribution in [0.5, 0.6) is 0 Å². The van der Waals surface area contributed by atoms with Crippen LogP contribution < -0.4 is 10.9 Å². The van der Waals surface area contributed by atoms with Crippen LogP contribution in [0.3, 0.4) is 0 Å². The molecule has 4 nitrogen and oxygen atoms in total. The summed E-state index contributed by atoms with van der Waals surface area (Å²) in [6.07, 6.45) is 1.65. The molecule has 1 heterocycles. The first-order valence-corrected chi connectivity index (χ1v) is 5.27. The fourth-order valence-corrected chi connectivity index (χ4v) is 1.45. The average Bonchev–Trinajstić information content (AvgIpc) is 2.13. The molecule has 0 saturated carbocycles. The number of anilines is 1. The number of rotatable bonds is 3. The van der Waals surface area contributed by atoms with E-state index in [1.165, 1.54) is 4.68 Å². The van der Waals surface area contributed by atoms with Crippen LogP contribution >= 0.6 is 15.9 Å². The van der Waals surface area contributed by atoms with Gasteiger partial charge in [0.05, 0.1) is 11.9 Å². The van der Waals surface area contributed by atoms with Crippen molar-refractivity contribution in [1.82, 2.24) is 9.78 Å². The molecular weight excluding hydrogens is 246 g/mol. The van der Waals surface area contributed by atoms with E-state index in [-0.39, 0.29) is 5.56 Å². The van der Waals surface area contributed by atoms with Crippen LogP contribution in [-0.4, -0.2) is 16.3 Å². The highest BCUT2D eigenvalue weighted by atomic mass is 79.9. The third-order valence-corrected chi connectivity index (χ3v) is 2.55. The van der Waals surface area contributed by atoms with E-state index in [2.05, 4.69) is 40.2 Å². The molecular formula is C9H14BrN3O. The Morgan fingerprint density at radius 1 is 1.64 bits per heavy atom. The zero-order valence-corrected chi connectivity index (χ0v) is 10.1. The normalized spacial score (nSPS) is 10.6. The van der Waals surface area contributed by atoms with Gasteiger partial charge in [-0.2, -0.15) is 5.10 Å². The first-order chi connectivity index (χ1) is 6.52. The van der Waals surface area contributed by atoms with Crippen LogP contribution in [0.15, 0.2) is 15.5 Å². The molecule has 0 aliphatic carbocycles. The van der Waals surface area contributed by atoms with Gasteiger partial charge in [0.15, 0.2) is 0 Å². The molecule has 0 amide bonds. The van der Waals surface area contributed by atoms with E-state index in [4.69, 9.17) is 0 Å². The van der Waals surface area contributed by atoms with Crippen LogP contribution in [-0.2, 0) is 7.05 Å². The summed E-state index contributed by atoms with van der Waals surface area (Å²) >= 11 is 3.25. The van der Waals surface area contributed by atoms with Gasteiger partial charge >= 0.3 is 0 Å². The summed E-state index contributed by atoms with van der Waals surface area (Å²) in [6.45, 7) is 5.04. The molecule has 0 aliphatic heterocycles. The van der Waals surface area contributed by atoms with Crippen molar-refractivity contribution in [2.75, 3.05) is 11.9 Å². The van der Waals surface area contributed by atoms with Crippen LogP contribution in [0.4, 0.5) is 5.69 Å². The topological polar surface area (TPSA) is 46.9 Å². The van der Waals surface area contributed by atoms with Crippen LogP contribution in [0.2, 0.25) is 0 Å². The van der Waals surface area contributed by atoms with Crippen molar-refractivity contribution in [2.45, 2.75) is 13.8 Å². The highest BCUT2D eigenvalue weighted by Gasteiger charge is 2.06. The Labute approximate surface area is 91.5 Å². The minimum absolute atomic E-state index is 0.126. The zero-order valence-electron chi connectivity index (χ0n) is 8.54. The molecule has 0 aliphatic rings. The Kier molecular flexibility index (Phi) is 3.69. The maximum atomic E-state index is 11.4. The summed E-state index contributed by atoms with van der Waals surface area (Å²) in [5, 5.41) is 7.09. The first kappa shape index (κ1) is 11.2. The van der Waals surface area contributed by atoms with Gasteiger partial charge in [0, 0.05) is 13.6 Å². The summed E-state index contributed by atoms with van der Waals surface area (Å²) < 4.78 is 1.83. The van der Waals surface area contributed by atoms with Crippen molar-refractivity contribution < 1.29 is 0 Å². The average molecular weight is 260 g/mol. The van der Waals surface area contributed by atoms with Crippen LogP contribution in [0.25, 0.3) is 0 Å². The fraction of sp³-hybridized carbons (Fsp3) is 0.556. The monoisotopic (exact) mass is 259 g/mol. The van der Waals surface area contributed by atoms with Gasteiger partial charge in [0.1, 0.15) is 4.47 Å². The summed E-state index contributed by atoms with van der Waals surface area (Å²) in [5.74, 6) is 0.533. The molecule has 0 fully saturated rings. The predicted octanol–water partition coefficient (Wildman–Crippen LogP) is 1.61. The second kappa shape index (κ2) is 4.59. The van der Waals surface area contributed by atoms with Gasteiger partial charge in [0.25, 0.3) is 5.56 Å². The van der Waals surface area contributed by atoms with Gasteiger partial charge in [-0.15, -0.1) is 0 Å². The van der Waals surface area contributed by atoms with E-state index in [0.717, 1.165) is 12.2 Å². The lowest BCUT2D eigenvalue weighted by molar-refractivity contribution is 0.679. The van der Waals surface area contributed by atoms with Gasteiger partial charge in [0.2, 0.25) is 0 Å². The predicted molar refractivity (Wildman–Crippen MR) is 60.5 cm³/mol. The quantitative estimate of drug-likeness (QED) is 0.898. The molecule has 0 saturated heterocycles. The highest BCUT2D eigenvalue weighted by Crippen LogP contribution is 2.15. The summed E-state index contributed by atoms with van der Waals surface area (Å²) in [5.41, 5.74) is 0.626.